The number of ketones is 1. The van der Waals surface area contributed by atoms with Crippen LogP contribution in [0.1, 0.15) is 42.4 Å². The van der Waals surface area contributed by atoms with Gasteiger partial charge in [-0.05, 0) is 37.1 Å². The van der Waals surface area contributed by atoms with Crippen LogP contribution < -0.4 is 0 Å². The van der Waals surface area contributed by atoms with E-state index in [0.717, 1.165) is 31.4 Å². The van der Waals surface area contributed by atoms with Crippen LogP contribution in [0.2, 0.25) is 0 Å². The topological polar surface area (TPSA) is 37.1 Å². The molecule has 6 heteroatoms. The van der Waals surface area contributed by atoms with Gasteiger partial charge in [0, 0.05) is 29.2 Å². The largest absolute Gasteiger partial charge is 0.416 e. The molecule has 152 valence electrons. The van der Waals surface area contributed by atoms with Gasteiger partial charge in [-0.25, -0.2) is 4.79 Å². The van der Waals surface area contributed by atoms with Crippen LogP contribution in [-0.4, -0.2) is 22.5 Å². The Kier molecular flexibility index (Phi) is 5.29. The Labute approximate surface area is 172 Å². The molecule has 0 N–H and O–H groups in total. The quantitative estimate of drug-likeness (QED) is 0.503. The molecule has 2 aliphatic rings. The van der Waals surface area contributed by atoms with E-state index in [1.54, 1.807) is 24.3 Å². The third-order valence-electron chi connectivity index (χ3n) is 5.61. The van der Waals surface area contributed by atoms with E-state index in [2.05, 4.69) is 11.8 Å². The van der Waals surface area contributed by atoms with Crippen molar-refractivity contribution in [2.45, 2.75) is 31.9 Å². The van der Waals surface area contributed by atoms with Crippen LogP contribution in [0.15, 0.2) is 48.5 Å². The Morgan fingerprint density at radius 1 is 0.867 bits per heavy atom. The lowest BCUT2D eigenvalue weighted by Gasteiger charge is -2.28. The van der Waals surface area contributed by atoms with E-state index in [0.29, 0.717) is 17.7 Å². The second-order valence-electron chi connectivity index (χ2n) is 7.62. The van der Waals surface area contributed by atoms with Crippen molar-refractivity contribution in [2.24, 2.45) is 11.8 Å². The summed E-state index contributed by atoms with van der Waals surface area (Å²) in [4.78, 5) is 25.4. The molecule has 0 saturated heterocycles. The molecule has 4 rings (SSSR count). The van der Waals surface area contributed by atoms with Crippen LogP contribution in [0, 0.1) is 23.7 Å². The standard InChI is InChI=1S/C24H19F3NO2/c25-24(26,27)18-7-3-5-16(13-18)11-12-17-6-4-8-19(14-17)28-15-22(29)20-9-1-2-10-21(20)23(28)30/h3-8,13-15,20-21H,1-2,9-10H2/q+1/t20?,21-/m0/s1. The molecule has 1 fully saturated rings. The van der Waals surface area contributed by atoms with E-state index in [1.165, 1.54) is 22.9 Å². The maximum Gasteiger partial charge on any atom is 0.416 e. The molecular formula is C24H19F3NO2+. The van der Waals surface area contributed by atoms with E-state index in [4.69, 9.17) is 0 Å². The second-order valence-corrected chi connectivity index (χ2v) is 7.62. The Hall–Kier alpha value is -3.20. The van der Waals surface area contributed by atoms with Crippen molar-refractivity contribution in [3.05, 3.63) is 65.2 Å². The SMILES string of the molecule is O=C1C=[N+](c2cccc(C#Cc3cccc(C(F)(F)F)c3)c2)C(=O)[C@H]2CCCCC12. The molecule has 1 aliphatic carbocycles. The fraction of sp³-hybridized carbons (Fsp3) is 0.292. The van der Waals surface area contributed by atoms with Crippen LogP contribution in [0.5, 0.6) is 0 Å². The number of nitrogens with zero attached hydrogens (tertiary/aromatic N) is 1. The molecule has 2 aromatic rings. The predicted octanol–water partition coefficient (Wildman–Crippen LogP) is 4.74. The van der Waals surface area contributed by atoms with Gasteiger partial charge < -0.3 is 0 Å². The minimum absolute atomic E-state index is 0.0280. The van der Waals surface area contributed by atoms with Crippen molar-refractivity contribution in [1.29, 1.82) is 0 Å². The highest BCUT2D eigenvalue weighted by Crippen LogP contribution is 2.35. The van der Waals surface area contributed by atoms with Gasteiger partial charge in [0.15, 0.2) is 0 Å². The third kappa shape index (κ3) is 4.06. The minimum atomic E-state index is -4.43. The average molecular weight is 410 g/mol. The number of benzene rings is 2. The lowest BCUT2D eigenvalue weighted by molar-refractivity contribution is -0.372. The maximum absolute atomic E-state index is 12.9. The Morgan fingerprint density at radius 2 is 1.50 bits per heavy atom. The zero-order chi connectivity index (χ0) is 21.3. The molecule has 0 radical (unpaired) electrons. The van der Waals surface area contributed by atoms with Crippen molar-refractivity contribution >= 4 is 23.6 Å². The van der Waals surface area contributed by atoms with Gasteiger partial charge >= 0.3 is 12.1 Å². The van der Waals surface area contributed by atoms with Crippen molar-refractivity contribution in [1.82, 2.24) is 0 Å². The van der Waals surface area contributed by atoms with E-state index in [9.17, 15) is 22.8 Å². The van der Waals surface area contributed by atoms with Crippen LogP contribution in [0.4, 0.5) is 18.9 Å². The number of carbonyl (C=O) groups excluding carboxylic acids is 2. The van der Waals surface area contributed by atoms with Gasteiger partial charge in [0.1, 0.15) is 0 Å². The Morgan fingerprint density at radius 3 is 2.20 bits per heavy atom. The lowest BCUT2D eigenvalue weighted by atomic mass is 9.75. The molecule has 1 heterocycles. The number of Topliss-reactive ketones (excluding diaryl/α,β-unsaturated/α-hetero) is 1. The molecule has 0 bridgehead atoms. The first-order chi connectivity index (χ1) is 14.3. The summed E-state index contributed by atoms with van der Waals surface area (Å²) in [5.74, 6) is 4.98. The number of hydrogen-bond acceptors (Lipinski definition) is 2. The number of halogens is 3. The first-order valence-corrected chi connectivity index (χ1v) is 9.84. The molecule has 1 aliphatic heterocycles. The number of rotatable bonds is 1. The second kappa shape index (κ2) is 7.91. The van der Waals surface area contributed by atoms with Crippen molar-refractivity contribution in [2.75, 3.05) is 0 Å². The van der Waals surface area contributed by atoms with Crippen molar-refractivity contribution < 1.29 is 27.3 Å². The molecule has 2 aromatic carbocycles. The zero-order valence-electron chi connectivity index (χ0n) is 16.1. The summed E-state index contributed by atoms with van der Waals surface area (Å²) in [7, 11) is 0. The first-order valence-electron chi connectivity index (χ1n) is 9.84. The number of carbonyl (C=O) groups is 2. The lowest BCUT2D eigenvalue weighted by Crippen LogP contribution is -2.43. The molecule has 2 atom stereocenters. The normalized spacial score (nSPS) is 21.4. The van der Waals surface area contributed by atoms with Crippen LogP contribution in [0.3, 0.4) is 0 Å². The molecule has 0 spiro atoms. The van der Waals surface area contributed by atoms with E-state index in [-0.39, 0.29) is 29.1 Å². The molecule has 1 saturated carbocycles. The molecule has 0 aromatic heterocycles. The molecule has 3 nitrogen and oxygen atoms in total. The fourth-order valence-electron chi connectivity index (χ4n) is 4.09. The maximum atomic E-state index is 12.9. The van der Waals surface area contributed by atoms with Gasteiger partial charge in [0.05, 0.1) is 11.5 Å². The highest BCUT2D eigenvalue weighted by molar-refractivity contribution is 6.29. The number of fused-ring (bicyclic) bond motifs is 1. The number of alkyl halides is 3. The van der Waals surface area contributed by atoms with E-state index >= 15 is 0 Å². The fourth-order valence-corrected chi connectivity index (χ4v) is 4.09. The highest BCUT2D eigenvalue weighted by atomic mass is 19.4. The van der Waals surface area contributed by atoms with Crippen molar-refractivity contribution in [3.8, 4) is 11.8 Å². The molecule has 1 unspecified atom stereocenters. The van der Waals surface area contributed by atoms with E-state index in [1.807, 2.05) is 0 Å². The van der Waals surface area contributed by atoms with E-state index < -0.39 is 11.7 Å². The summed E-state index contributed by atoms with van der Waals surface area (Å²) < 4.78 is 40.0. The summed E-state index contributed by atoms with van der Waals surface area (Å²) in [5.41, 5.74) is 0.575. The summed E-state index contributed by atoms with van der Waals surface area (Å²) in [5, 5.41) is 0. The van der Waals surface area contributed by atoms with Crippen LogP contribution in [0.25, 0.3) is 0 Å². The van der Waals surface area contributed by atoms with Gasteiger partial charge in [0.25, 0.3) is 0 Å². The van der Waals surface area contributed by atoms with Gasteiger partial charge in [-0.1, -0.05) is 36.8 Å². The molecular weight excluding hydrogens is 391 g/mol. The van der Waals surface area contributed by atoms with Crippen LogP contribution in [-0.2, 0) is 15.8 Å². The van der Waals surface area contributed by atoms with Crippen molar-refractivity contribution in [3.63, 3.8) is 0 Å². The average Bonchev–Trinajstić information content (AvgIpc) is 2.75. The zero-order valence-corrected chi connectivity index (χ0v) is 16.1. The van der Waals surface area contributed by atoms with Gasteiger partial charge in [-0.3, -0.25) is 4.79 Å². The van der Waals surface area contributed by atoms with Gasteiger partial charge in [0.2, 0.25) is 17.7 Å². The van der Waals surface area contributed by atoms with Gasteiger partial charge in [-0.2, -0.15) is 13.2 Å². The summed E-state index contributed by atoms with van der Waals surface area (Å²) in [6.45, 7) is 0. The highest BCUT2D eigenvalue weighted by Gasteiger charge is 2.46. The summed E-state index contributed by atoms with van der Waals surface area (Å²) in [6, 6.07) is 11.6. The summed E-state index contributed by atoms with van der Waals surface area (Å²) in [6.07, 6.45) is 0.321. The number of amides is 1. The minimum Gasteiger partial charge on any atom is -0.288 e. The molecule has 30 heavy (non-hydrogen) atoms. The monoisotopic (exact) mass is 410 g/mol. The Bertz CT molecular complexity index is 1110. The molecule has 1 amide bonds. The summed E-state index contributed by atoms with van der Waals surface area (Å²) >= 11 is 0. The smallest absolute Gasteiger partial charge is 0.288 e. The predicted molar refractivity (Wildman–Crippen MR) is 105 cm³/mol. The Balaban J connectivity index is 1.62. The number of hydrogen-bond donors (Lipinski definition) is 0. The third-order valence-corrected chi connectivity index (χ3v) is 5.61. The first kappa shape index (κ1) is 20.1. The van der Waals surface area contributed by atoms with Crippen LogP contribution >= 0.6 is 0 Å². The van der Waals surface area contributed by atoms with Gasteiger partial charge in [-0.15, -0.1) is 4.58 Å².